The zero-order valence-electron chi connectivity index (χ0n) is 10.1. The SMILES string of the molecule is O=[N+]([O-])c1ccc(NC2CCN3CCCC23)nc1. The van der Waals surface area contributed by atoms with Gasteiger partial charge in [0, 0.05) is 24.7 Å². The molecule has 0 amide bonds. The lowest BCUT2D eigenvalue weighted by atomic mass is 10.1. The van der Waals surface area contributed by atoms with Gasteiger partial charge in [0.1, 0.15) is 12.0 Å². The molecule has 1 aromatic rings. The molecule has 1 aromatic heterocycles. The Morgan fingerprint density at radius 1 is 1.39 bits per heavy atom. The van der Waals surface area contributed by atoms with Crippen LogP contribution in [0.15, 0.2) is 18.3 Å². The first-order valence-electron chi connectivity index (χ1n) is 6.35. The molecule has 18 heavy (non-hydrogen) atoms. The number of aromatic nitrogens is 1. The second-order valence-electron chi connectivity index (χ2n) is 4.94. The van der Waals surface area contributed by atoms with Crippen LogP contribution < -0.4 is 5.32 Å². The summed E-state index contributed by atoms with van der Waals surface area (Å²) in [6.07, 6.45) is 4.95. The molecule has 6 nitrogen and oxygen atoms in total. The molecule has 0 aromatic carbocycles. The molecule has 3 heterocycles. The van der Waals surface area contributed by atoms with E-state index in [0.717, 1.165) is 18.8 Å². The number of fused-ring (bicyclic) bond motifs is 1. The number of nitrogens with zero attached hydrogens (tertiary/aromatic N) is 3. The molecule has 3 rings (SSSR count). The Morgan fingerprint density at radius 3 is 3.00 bits per heavy atom. The summed E-state index contributed by atoms with van der Waals surface area (Å²) in [4.78, 5) is 16.7. The van der Waals surface area contributed by atoms with Crippen molar-refractivity contribution in [1.29, 1.82) is 0 Å². The molecule has 1 N–H and O–H groups in total. The van der Waals surface area contributed by atoms with Crippen LogP contribution in [0.3, 0.4) is 0 Å². The lowest BCUT2D eigenvalue weighted by molar-refractivity contribution is -0.385. The van der Waals surface area contributed by atoms with E-state index in [1.54, 1.807) is 6.07 Å². The van der Waals surface area contributed by atoms with E-state index in [2.05, 4.69) is 15.2 Å². The Morgan fingerprint density at radius 2 is 2.28 bits per heavy atom. The van der Waals surface area contributed by atoms with Gasteiger partial charge in [0.05, 0.1) is 4.92 Å². The largest absolute Gasteiger partial charge is 0.366 e. The van der Waals surface area contributed by atoms with Crippen LogP contribution in [0.1, 0.15) is 19.3 Å². The van der Waals surface area contributed by atoms with E-state index in [9.17, 15) is 10.1 Å². The number of nitrogens with one attached hydrogen (secondary N) is 1. The molecule has 2 atom stereocenters. The van der Waals surface area contributed by atoms with Crippen molar-refractivity contribution in [3.63, 3.8) is 0 Å². The van der Waals surface area contributed by atoms with Gasteiger partial charge in [-0.05, 0) is 31.9 Å². The van der Waals surface area contributed by atoms with Crippen molar-refractivity contribution in [2.75, 3.05) is 18.4 Å². The predicted octanol–water partition coefficient (Wildman–Crippen LogP) is 1.64. The summed E-state index contributed by atoms with van der Waals surface area (Å²) in [6, 6.07) is 4.23. The summed E-state index contributed by atoms with van der Waals surface area (Å²) in [6.45, 7) is 2.35. The number of anilines is 1. The molecule has 0 spiro atoms. The van der Waals surface area contributed by atoms with Crippen LogP contribution in [0.25, 0.3) is 0 Å². The zero-order chi connectivity index (χ0) is 12.5. The molecule has 2 aliphatic heterocycles. The van der Waals surface area contributed by atoms with Crippen molar-refractivity contribution in [2.24, 2.45) is 0 Å². The predicted molar refractivity (Wildman–Crippen MR) is 67.5 cm³/mol. The number of nitro groups is 1. The Kier molecular flexibility index (Phi) is 2.87. The lowest BCUT2D eigenvalue weighted by Gasteiger charge is -2.21. The summed E-state index contributed by atoms with van der Waals surface area (Å²) in [7, 11) is 0. The van der Waals surface area contributed by atoms with Crippen LogP contribution in [0.5, 0.6) is 0 Å². The Labute approximate surface area is 105 Å². The van der Waals surface area contributed by atoms with E-state index in [-0.39, 0.29) is 5.69 Å². The third-order valence-electron chi connectivity index (χ3n) is 3.90. The Bertz CT molecular complexity index is 448. The van der Waals surface area contributed by atoms with E-state index in [4.69, 9.17) is 0 Å². The fraction of sp³-hybridized carbons (Fsp3) is 0.583. The molecule has 2 saturated heterocycles. The minimum absolute atomic E-state index is 0.0365. The average molecular weight is 248 g/mol. The van der Waals surface area contributed by atoms with Gasteiger partial charge < -0.3 is 5.32 Å². The molecule has 0 aliphatic carbocycles. The van der Waals surface area contributed by atoms with Gasteiger partial charge in [0.25, 0.3) is 5.69 Å². The number of hydrogen-bond acceptors (Lipinski definition) is 5. The van der Waals surface area contributed by atoms with E-state index in [1.165, 1.54) is 31.6 Å². The number of rotatable bonds is 3. The van der Waals surface area contributed by atoms with Gasteiger partial charge in [-0.3, -0.25) is 15.0 Å². The zero-order valence-corrected chi connectivity index (χ0v) is 10.1. The number of pyridine rings is 1. The standard InChI is InChI=1S/C12H16N4O2/c17-16(18)9-3-4-12(13-8-9)14-10-5-7-15-6-1-2-11(10)15/h3-4,8,10-11H,1-2,5-7H2,(H,13,14). The van der Waals surface area contributed by atoms with E-state index >= 15 is 0 Å². The van der Waals surface area contributed by atoms with Gasteiger partial charge in [-0.2, -0.15) is 0 Å². The van der Waals surface area contributed by atoms with Crippen molar-refractivity contribution < 1.29 is 4.92 Å². The molecular weight excluding hydrogens is 232 g/mol. The molecule has 0 bridgehead atoms. The monoisotopic (exact) mass is 248 g/mol. The fourth-order valence-corrected chi connectivity index (χ4v) is 3.02. The maximum absolute atomic E-state index is 10.5. The van der Waals surface area contributed by atoms with Crippen molar-refractivity contribution in [2.45, 2.75) is 31.3 Å². The summed E-state index contributed by atoms with van der Waals surface area (Å²) in [5.41, 5.74) is 0.0365. The maximum atomic E-state index is 10.5. The molecule has 0 radical (unpaired) electrons. The van der Waals surface area contributed by atoms with Gasteiger partial charge in [-0.1, -0.05) is 0 Å². The van der Waals surface area contributed by atoms with Crippen molar-refractivity contribution in [1.82, 2.24) is 9.88 Å². The van der Waals surface area contributed by atoms with Crippen molar-refractivity contribution in [3.05, 3.63) is 28.4 Å². The first kappa shape index (κ1) is 11.4. The quantitative estimate of drug-likeness (QED) is 0.650. The number of hydrogen-bond donors (Lipinski definition) is 1. The third kappa shape index (κ3) is 2.03. The summed E-state index contributed by atoms with van der Waals surface area (Å²) >= 11 is 0. The molecule has 6 heteroatoms. The summed E-state index contributed by atoms with van der Waals surface area (Å²) in [5.74, 6) is 0.736. The van der Waals surface area contributed by atoms with Crippen LogP contribution in [0.2, 0.25) is 0 Å². The van der Waals surface area contributed by atoms with Crippen LogP contribution in [-0.4, -0.2) is 40.0 Å². The second-order valence-corrected chi connectivity index (χ2v) is 4.94. The second kappa shape index (κ2) is 4.53. The molecule has 2 fully saturated rings. The molecule has 0 saturated carbocycles. The highest BCUT2D eigenvalue weighted by molar-refractivity contribution is 5.41. The van der Waals surface area contributed by atoms with Crippen LogP contribution in [-0.2, 0) is 0 Å². The fourth-order valence-electron chi connectivity index (χ4n) is 3.02. The van der Waals surface area contributed by atoms with Gasteiger partial charge in [-0.25, -0.2) is 4.98 Å². The van der Waals surface area contributed by atoms with Gasteiger partial charge in [0.2, 0.25) is 0 Å². The Hall–Kier alpha value is -1.69. The molecule has 2 aliphatic rings. The minimum atomic E-state index is -0.426. The average Bonchev–Trinajstić information content (AvgIpc) is 2.95. The minimum Gasteiger partial charge on any atom is -0.366 e. The van der Waals surface area contributed by atoms with Gasteiger partial charge in [0.15, 0.2) is 0 Å². The van der Waals surface area contributed by atoms with E-state index in [1.807, 2.05) is 0 Å². The first-order valence-corrected chi connectivity index (χ1v) is 6.35. The van der Waals surface area contributed by atoms with E-state index in [0.29, 0.717) is 12.1 Å². The molecule has 96 valence electrons. The normalized spacial score (nSPS) is 27.1. The molecular formula is C12H16N4O2. The Balaban J connectivity index is 1.67. The highest BCUT2D eigenvalue weighted by Crippen LogP contribution is 2.29. The smallest absolute Gasteiger partial charge is 0.287 e. The van der Waals surface area contributed by atoms with Crippen molar-refractivity contribution in [3.8, 4) is 0 Å². The third-order valence-corrected chi connectivity index (χ3v) is 3.90. The molecule has 2 unspecified atom stereocenters. The summed E-state index contributed by atoms with van der Waals surface area (Å²) in [5, 5.41) is 13.9. The van der Waals surface area contributed by atoms with Gasteiger partial charge in [-0.15, -0.1) is 0 Å². The van der Waals surface area contributed by atoms with Crippen LogP contribution >= 0.6 is 0 Å². The van der Waals surface area contributed by atoms with Crippen LogP contribution in [0, 0.1) is 10.1 Å². The lowest BCUT2D eigenvalue weighted by Crippen LogP contribution is -2.33. The van der Waals surface area contributed by atoms with Crippen molar-refractivity contribution >= 4 is 11.5 Å². The van der Waals surface area contributed by atoms with E-state index < -0.39 is 4.92 Å². The van der Waals surface area contributed by atoms with Gasteiger partial charge >= 0.3 is 0 Å². The topological polar surface area (TPSA) is 71.3 Å². The highest BCUT2D eigenvalue weighted by atomic mass is 16.6. The highest BCUT2D eigenvalue weighted by Gasteiger charge is 2.37. The maximum Gasteiger partial charge on any atom is 0.287 e. The first-order chi connectivity index (χ1) is 8.74. The summed E-state index contributed by atoms with van der Waals surface area (Å²) < 4.78 is 0. The van der Waals surface area contributed by atoms with Crippen LogP contribution in [0.4, 0.5) is 11.5 Å².